The zero-order valence-electron chi connectivity index (χ0n) is 10.8. The van der Waals surface area contributed by atoms with Crippen molar-refractivity contribution in [3.63, 3.8) is 0 Å². The second kappa shape index (κ2) is 5.72. The van der Waals surface area contributed by atoms with Crippen molar-refractivity contribution in [1.29, 1.82) is 0 Å². The lowest BCUT2D eigenvalue weighted by Gasteiger charge is -2.09. The van der Waals surface area contributed by atoms with Crippen molar-refractivity contribution in [2.45, 2.75) is 33.3 Å². The molecule has 1 heterocycles. The van der Waals surface area contributed by atoms with Gasteiger partial charge in [0.25, 0.3) is 0 Å². The van der Waals surface area contributed by atoms with Crippen LogP contribution in [0, 0.1) is 20.8 Å². The molecule has 0 unspecified atom stereocenters. The van der Waals surface area contributed by atoms with Gasteiger partial charge in [-0.25, -0.2) is 4.98 Å². The van der Waals surface area contributed by atoms with Crippen molar-refractivity contribution in [3.05, 3.63) is 44.9 Å². The van der Waals surface area contributed by atoms with Crippen LogP contribution in [0.5, 0.6) is 5.75 Å². The van der Waals surface area contributed by atoms with Gasteiger partial charge in [-0.15, -0.1) is 22.9 Å². The van der Waals surface area contributed by atoms with E-state index in [2.05, 4.69) is 18.0 Å². The highest BCUT2D eigenvalue weighted by Crippen LogP contribution is 2.24. The average Bonchev–Trinajstić information content (AvgIpc) is 2.67. The average molecular weight is 282 g/mol. The zero-order chi connectivity index (χ0) is 13.1. The molecule has 0 aliphatic rings. The molecule has 2 rings (SSSR count). The summed E-state index contributed by atoms with van der Waals surface area (Å²) in [7, 11) is 0. The summed E-state index contributed by atoms with van der Waals surface area (Å²) in [5, 5.41) is 1.01. The van der Waals surface area contributed by atoms with Crippen LogP contribution >= 0.6 is 22.9 Å². The van der Waals surface area contributed by atoms with Crippen LogP contribution < -0.4 is 4.74 Å². The van der Waals surface area contributed by atoms with Gasteiger partial charge in [-0.2, -0.15) is 0 Å². The predicted molar refractivity (Wildman–Crippen MR) is 76.7 cm³/mol. The first-order chi connectivity index (χ1) is 8.60. The first-order valence-corrected chi connectivity index (χ1v) is 7.16. The van der Waals surface area contributed by atoms with Gasteiger partial charge in [0.15, 0.2) is 0 Å². The molecule has 0 saturated heterocycles. The van der Waals surface area contributed by atoms with E-state index in [0.29, 0.717) is 12.5 Å². The normalized spacial score (nSPS) is 10.7. The highest BCUT2D eigenvalue weighted by Gasteiger charge is 2.07. The number of thiazole rings is 1. The van der Waals surface area contributed by atoms with E-state index in [1.807, 2.05) is 26.0 Å². The molecule has 0 amide bonds. The van der Waals surface area contributed by atoms with Gasteiger partial charge in [-0.3, -0.25) is 0 Å². The number of alkyl halides is 1. The molecule has 1 aromatic carbocycles. The number of aromatic nitrogens is 1. The van der Waals surface area contributed by atoms with Crippen molar-refractivity contribution in [1.82, 2.24) is 4.98 Å². The Balaban J connectivity index is 2.10. The van der Waals surface area contributed by atoms with E-state index < -0.39 is 0 Å². The molecule has 0 N–H and O–H groups in total. The summed E-state index contributed by atoms with van der Waals surface area (Å²) in [6.07, 6.45) is 0. The number of benzene rings is 1. The van der Waals surface area contributed by atoms with Crippen molar-refractivity contribution in [2.75, 3.05) is 0 Å². The number of rotatable bonds is 4. The Morgan fingerprint density at radius 1 is 1.28 bits per heavy atom. The van der Waals surface area contributed by atoms with Crippen LogP contribution in [-0.2, 0) is 12.5 Å². The first-order valence-electron chi connectivity index (χ1n) is 5.81. The van der Waals surface area contributed by atoms with E-state index in [-0.39, 0.29) is 0 Å². The summed E-state index contributed by atoms with van der Waals surface area (Å²) in [5.41, 5.74) is 3.31. The van der Waals surface area contributed by atoms with Crippen molar-refractivity contribution in [3.8, 4) is 5.75 Å². The molecule has 96 valence electrons. The Kier molecular flexibility index (Phi) is 4.25. The monoisotopic (exact) mass is 281 g/mol. The largest absolute Gasteiger partial charge is 0.486 e. The molecule has 0 fully saturated rings. The molecular formula is C14H16ClNOS. The quantitative estimate of drug-likeness (QED) is 0.776. The van der Waals surface area contributed by atoms with Crippen LogP contribution in [-0.4, -0.2) is 4.98 Å². The van der Waals surface area contributed by atoms with Crippen LogP contribution in [0.1, 0.15) is 26.7 Å². The van der Waals surface area contributed by atoms with E-state index in [0.717, 1.165) is 22.0 Å². The van der Waals surface area contributed by atoms with E-state index in [1.165, 1.54) is 10.4 Å². The second-order valence-electron chi connectivity index (χ2n) is 4.28. The molecule has 0 aliphatic carbocycles. The fourth-order valence-electron chi connectivity index (χ4n) is 1.69. The Labute approximate surface area is 117 Å². The van der Waals surface area contributed by atoms with Crippen LogP contribution in [0.4, 0.5) is 0 Å². The third-order valence-electron chi connectivity index (χ3n) is 2.78. The smallest absolute Gasteiger partial charge is 0.140 e. The maximum absolute atomic E-state index is 5.92. The fourth-order valence-corrected chi connectivity index (χ4v) is 2.75. The van der Waals surface area contributed by atoms with Gasteiger partial charge in [-0.1, -0.05) is 17.7 Å². The van der Waals surface area contributed by atoms with Crippen LogP contribution in [0.15, 0.2) is 18.2 Å². The fraction of sp³-hybridized carbons (Fsp3) is 0.357. The molecule has 0 bridgehead atoms. The van der Waals surface area contributed by atoms with Gasteiger partial charge in [0.05, 0.1) is 11.6 Å². The Bertz CT molecular complexity index is 531. The number of nitrogens with zero attached hydrogens (tertiary/aromatic N) is 1. The summed E-state index contributed by atoms with van der Waals surface area (Å²) >= 11 is 7.60. The molecule has 2 aromatic rings. The molecule has 4 heteroatoms. The van der Waals surface area contributed by atoms with Crippen molar-refractivity contribution in [2.24, 2.45) is 0 Å². The van der Waals surface area contributed by atoms with Crippen molar-refractivity contribution >= 4 is 22.9 Å². The lowest BCUT2D eigenvalue weighted by Crippen LogP contribution is -1.98. The SMILES string of the molecule is Cc1ccc(OCc2nc(C)c(C)s2)c(CCl)c1. The zero-order valence-corrected chi connectivity index (χ0v) is 12.4. The first kappa shape index (κ1) is 13.4. The lowest BCUT2D eigenvalue weighted by atomic mass is 10.1. The molecule has 2 nitrogen and oxygen atoms in total. The van der Waals surface area contributed by atoms with E-state index in [4.69, 9.17) is 16.3 Å². The number of aryl methyl sites for hydroxylation is 3. The molecule has 1 aromatic heterocycles. The minimum absolute atomic E-state index is 0.465. The van der Waals surface area contributed by atoms with Gasteiger partial charge in [0, 0.05) is 10.4 Å². The summed E-state index contributed by atoms with van der Waals surface area (Å²) in [6.45, 7) is 6.65. The summed E-state index contributed by atoms with van der Waals surface area (Å²) in [4.78, 5) is 5.70. The maximum Gasteiger partial charge on any atom is 0.140 e. The number of halogens is 1. The molecule has 18 heavy (non-hydrogen) atoms. The third kappa shape index (κ3) is 3.03. The number of hydrogen-bond acceptors (Lipinski definition) is 3. The van der Waals surface area contributed by atoms with Gasteiger partial charge in [0.1, 0.15) is 17.4 Å². The summed E-state index contributed by atoms with van der Waals surface area (Å²) < 4.78 is 5.80. The number of ether oxygens (including phenoxy) is 1. The minimum atomic E-state index is 0.465. The molecule has 0 aliphatic heterocycles. The van der Waals surface area contributed by atoms with E-state index in [1.54, 1.807) is 11.3 Å². The maximum atomic E-state index is 5.92. The minimum Gasteiger partial charge on any atom is -0.486 e. The van der Waals surface area contributed by atoms with Gasteiger partial charge >= 0.3 is 0 Å². The highest BCUT2D eigenvalue weighted by molar-refractivity contribution is 7.11. The van der Waals surface area contributed by atoms with Gasteiger partial charge in [0.2, 0.25) is 0 Å². The van der Waals surface area contributed by atoms with E-state index >= 15 is 0 Å². The summed E-state index contributed by atoms with van der Waals surface area (Å²) in [6, 6.07) is 6.06. The molecular weight excluding hydrogens is 266 g/mol. The Morgan fingerprint density at radius 2 is 2.06 bits per heavy atom. The Morgan fingerprint density at radius 3 is 2.67 bits per heavy atom. The molecule has 0 saturated carbocycles. The lowest BCUT2D eigenvalue weighted by molar-refractivity contribution is 0.303. The predicted octanol–water partition coefficient (Wildman–Crippen LogP) is 4.39. The highest BCUT2D eigenvalue weighted by atomic mass is 35.5. The van der Waals surface area contributed by atoms with Gasteiger partial charge < -0.3 is 4.74 Å². The van der Waals surface area contributed by atoms with Crippen molar-refractivity contribution < 1.29 is 4.74 Å². The van der Waals surface area contributed by atoms with Crippen LogP contribution in [0.3, 0.4) is 0 Å². The third-order valence-corrected chi connectivity index (χ3v) is 4.12. The molecule has 0 spiro atoms. The summed E-state index contributed by atoms with van der Waals surface area (Å²) in [5.74, 6) is 1.31. The Hall–Kier alpha value is -1.06. The molecule has 0 atom stereocenters. The second-order valence-corrected chi connectivity index (χ2v) is 5.84. The standard InChI is InChI=1S/C14H16ClNOS/c1-9-4-5-13(12(6-9)7-15)17-8-14-16-10(2)11(3)18-14/h4-6H,7-8H2,1-3H3. The van der Waals surface area contributed by atoms with Crippen LogP contribution in [0.2, 0.25) is 0 Å². The topological polar surface area (TPSA) is 22.1 Å². The molecule has 0 radical (unpaired) electrons. The van der Waals surface area contributed by atoms with Crippen LogP contribution in [0.25, 0.3) is 0 Å². The van der Waals surface area contributed by atoms with E-state index in [9.17, 15) is 0 Å². The number of hydrogen-bond donors (Lipinski definition) is 0. The van der Waals surface area contributed by atoms with Gasteiger partial charge in [-0.05, 0) is 26.8 Å².